The summed E-state index contributed by atoms with van der Waals surface area (Å²) in [6.45, 7) is 5.07. The molecule has 0 saturated heterocycles. The molecule has 0 fully saturated rings. The molecule has 2 N–H and O–H groups in total. The van der Waals surface area contributed by atoms with Gasteiger partial charge in [-0.3, -0.25) is 0 Å². The third kappa shape index (κ3) is 5.55. The van der Waals surface area contributed by atoms with Crippen molar-refractivity contribution in [3.05, 3.63) is 0 Å². The predicted octanol–water partition coefficient (Wildman–Crippen LogP) is 0.527. The van der Waals surface area contributed by atoms with Crippen LogP contribution in [0.15, 0.2) is 0 Å². The van der Waals surface area contributed by atoms with E-state index in [0.29, 0.717) is 26.2 Å². The number of hydrogen-bond donors (Lipinski definition) is 2. The van der Waals surface area contributed by atoms with Crippen LogP contribution in [-0.4, -0.2) is 54.9 Å². The molecule has 2 amide bonds. The van der Waals surface area contributed by atoms with Gasteiger partial charge in [-0.2, -0.15) is 0 Å². The van der Waals surface area contributed by atoms with Crippen molar-refractivity contribution in [1.29, 1.82) is 0 Å². The lowest BCUT2D eigenvalue weighted by Crippen LogP contribution is -2.47. The fourth-order valence-electron chi connectivity index (χ4n) is 1.05. The lowest BCUT2D eigenvalue weighted by Gasteiger charge is -2.20. The van der Waals surface area contributed by atoms with Crippen molar-refractivity contribution < 1.29 is 19.4 Å². The summed E-state index contributed by atoms with van der Waals surface area (Å²) in [5.41, 5.74) is 0. The van der Waals surface area contributed by atoms with Gasteiger partial charge in [-0.25, -0.2) is 9.59 Å². The highest BCUT2D eigenvalue weighted by molar-refractivity contribution is 5.82. The molecule has 0 aliphatic carbocycles. The SMILES string of the molecule is CCOCCN(C)C(=O)N[C@H](CC)C(=O)O. The summed E-state index contributed by atoms with van der Waals surface area (Å²) < 4.78 is 5.10. The average molecular weight is 232 g/mol. The number of aliphatic carboxylic acids is 1. The number of urea groups is 1. The molecule has 0 aromatic rings. The minimum Gasteiger partial charge on any atom is -0.480 e. The lowest BCUT2D eigenvalue weighted by atomic mass is 10.2. The maximum atomic E-state index is 11.5. The Kier molecular flexibility index (Phi) is 7.28. The Bertz CT molecular complexity index is 233. The molecule has 94 valence electrons. The fourth-order valence-corrected chi connectivity index (χ4v) is 1.05. The Morgan fingerprint density at radius 1 is 1.44 bits per heavy atom. The van der Waals surface area contributed by atoms with Crippen LogP contribution in [0, 0.1) is 0 Å². The first-order chi connectivity index (χ1) is 7.52. The molecule has 0 unspecified atom stereocenters. The van der Waals surface area contributed by atoms with Gasteiger partial charge >= 0.3 is 12.0 Å². The molecule has 0 rings (SSSR count). The Labute approximate surface area is 95.6 Å². The van der Waals surface area contributed by atoms with Crippen molar-refractivity contribution in [3.8, 4) is 0 Å². The molecule has 0 aromatic carbocycles. The number of carboxylic acids is 1. The van der Waals surface area contributed by atoms with Crippen LogP contribution in [0.5, 0.6) is 0 Å². The van der Waals surface area contributed by atoms with Crippen molar-refractivity contribution in [2.45, 2.75) is 26.3 Å². The zero-order chi connectivity index (χ0) is 12.6. The molecular weight excluding hydrogens is 212 g/mol. The van der Waals surface area contributed by atoms with Gasteiger partial charge in [-0.1, -0.05) is 6.92 Å². The highest BCUT2D eigenvalue weighted by atomic mass is 16.5. The number of rotatable bonds is 7. The second-order valence-corrected chi connectivity index (χ2v) is 3.37. The van der Waals surface area contributed by atoms with E-state index in [-0.39, 0.29) is 0 Å². The number of hydrogen-bond acceptors (Lipinski definition) is 3. The van der Waals surface area contributed by atoms with Crippen molar-refractivity contribution >= 4 is 12.0 Å². The molecule has 0 spiro atoms. The van der Waals surface area contributed by atoms with Gasteiger partial charge in [0.15, 0.2) is 0 Å². The third-order valence-electron chi connectivity index (χ3n) is 2.13. The monoisotopic (exact) mass is 232 g/mol. The van der Waals surface area contributed by atoms with E-state index in [1.165, 1.54) is 4.90 Å². The summed E-state index contributed by atoms with van der Waals surface area (Å²) in [4.78, 5) is 23.6. The highest BCUT2D eigenvalue weighted by Gasteiger charge is 2.19. The van der Waals surface area contributed by atoms with Gasteiger partial charge in [0.2, 0.25) is 0 Å². The van der Waals surface area contributed by atoms with E-state index in [9.17, 15) is 9.59 Å². The molecule has 6 nitrogen and oxygen atoms in total. The normalized spacial score (nSPS) is 11.9. The van der Waals surface area contributed by atoms with Gasteiger partial charge in [-0.15, -0.1) is 0 Å². The first-order valence-electron chi connectivity index (χ1n) is 5.35. The van der Waals surface area contributed by atoms with Crippen molar-refractivity contribution in [2.24, 2.45) is 0 Å². The number of carboxylic acid groups (broad SMARTS) is 1. The molecule has 1 atom stereocenters. The summed E-state index contributed by atoms with van der Waals surface area (Å²) in [7, 11) is 1.60. The summed E-state index contributed by atoms with van der Waals surface area (Å²) >= 11 is 0. The quantitative estimate of drug-likeness (QED) is 0.627. The van der Waals surface area contributed by atoms with E-state index >= 15 is 0 Å². The van der Waals surface area contributed by atoms with Crippen LogP contribution in [0.2, 0.25) is 0 Å². The van der Waals surface area contributed by atoms with Crippen LogP contribution >= 0.6 is 0 Å². The Morgan fingerprint density at radius 2 is 2.06 bits per heavy atom. The minimum absolute atomic E-state index is 0.361. The van der Waals surface area contributed by atoms with Gasteiger partial charge in [0.05, 0.1) is 6.61 Å². The van der Waals surface area contributed by atoms with Crippen LogP contribution in [0.1, 0.15) is 20.3 Å². The molecular formula is C10H20N2O4. The highest BCUT2D eigenvalue weighted by Crippen LogP contribution is 1.93. The van der Waals surface area contributed by atoms with Crippen molar-refractivity contribution in [2.75, 3.05) is 26.8 Å². The number of carbonyl (C=O) groups is 2. The topological polar surface area (TPSA) is 78.9 Å². The van der Waals surface area contributed by atoms with E-state index in [1.54, 1.807) is 14.0 Å². The molecule has 0 saturated carbocycles. The van der Waals surface area contributed by atoms with Crippen LogP contribution in [0.4, 0.5) is 4.79 Å². The molecule has 6 heteroatoms. The second-order valence-electron chi connectivity index (χ2n) is 3.37. The van der Waals surface area contributed by atoms with Gasteiger partial charge in [0.25, 0.3) is 0 Å². The number of ether oxygens (including phenoxy) is 1. The Balaban J connectivity index is 3.98. The van der Waals surface area contributed by atoms with Crippen LogP contribution in [-0.2, 0) is 9.53 Å². The van der Waals surface area contributed by atoms with Gasteiger partial charge in [-0.05, 0) is 13.3 Å². The lowest BCUT2D eigenvalue weighted by molar-refractivity contribution is -0.139. The summed E-state index contributed by atoms with van der Waals surface area (Å²) in [6.07, 6.45) is 0.361. The predicted molar refractivity (Wildman–Crippen MR) is 59.4 cm³/mol. The third-order valence-corrected chi connectivity index (χ3v) is 2.13. The van der Waals surface area contributed by atoms with E-state index < -0.39 is 18.0 Å². The summed E-state index contributed by atoms with van der Waals surface area (Å²) in [5, 5.41) is 11.2. The number of amides is 2. The maximum absolute atomic E-state index is 11.5. The fraction of sp³-hybridized carbons (Fsp3) is 0.800. The first kappa shape index (κ1) is 14.7. The standard InChI is InChI=1S/C10H20N2O4/c1-4-8(9(13)14)11-10(15)12(3)6-7-16-5-2/h8H,4-7H2,1-3H3,(H,11,15)(H,13,14)/t8-/m1/s1. The van der Waals surface area contributed by atoms with Crippen molar-refractivity contribution in [1.82, 2.24) is 10.2 Å². The van der Waals surface area contributed by atoms with Crippen LogP contribution < -0.4 is 5.32 Å². The van der Waals surface area contributed by atoms with Gasteiger partial charge < -0.3 is 20.1 Å². The van der Waals surface area contributed by atoms with E-state index in [1.807, 2.05) is 6.92 Å². The largest absolute Gasteiger partial charge is 0.480 e. The number of carbonyl (C=O) groups excluding carboxylic acids is 1. The minimum atomic E-state index is -1.02. The second kappa shape index (κ2) is 7.92. The molecule has 0 aliphatic rings. The molecule has 0 aromatic heterocycles. The average Bonchev–Trinajstić information content (AvgIpc) is 2.25. The maximum Gasteiger partial charge on any atom is 0.326 e. The number of nitrogens with zero attached hydrogens (tertiary/aromatic N) is 1. The molecule has 0 radical (unpaired) electrons. The smallest absolute Gasteiger partial charge is 0.326 e. The zero-order valence-corrected chi connectivity index (χ0v) is 10.0. The number of nitrogens with one attached hydrogen (secondary N) is 1. The van der Waals surface area contributed by atoms with E-state index in [2.05, 4.69) is 5.32 Å². The molecule has 0 aliphatic heterocycles. The first-order valence-corrected chi connectivity index (χ1v) is 5.35. The summed E-state index contributed by atoms with van der Waals surface area (Å²) in [5.74, 6) is -1.02. The number of likely N-dealkylation sites (N-methyl/N-ethyl adjacent to an activating group) is 1. The Hall–Kier alpha value is -1.30. The van der Waals surface area contributed by atoms with E-state index in [4.69, 9.17) is 9.84 Å². The van der Waals surface area contributed by atoms with Crippen molar-refractivity contribution in [3.63, 3.8) is 0 Å². The molecule has 0 heterocycles. The van der Waals surface area contributed by atoms with Crippen LogP contribution in [0.3, 0.4) is 0 Å². The zero-order valence-electron chi connectivity index (χ0n) is 10.0. The summed E-state index contributed by atoms with van der Waals surface area (Å²) in [6, 6.07) is -1.23. The Morgan fingerprint density at radius 3 is 2.50 bits per heavy atom. The van der Waals surface area contributed by atoms with Gasteiger partial charge in [0, 0.05) is 20.2 Å². The van der Waals surface area contributed by atoms with Gasteiger partial charge in [0.1, 0.15) is 6.04 Å². The van der Waals surface area contributed by atoms with Crippen LogP contribution in [0.25, 0.3) is 0 Å². The molecule has 0 bridgehead atoms. The molecule has 16 heavy (non-hydrogen) atoms. The van der Waals surface area contributed by atoms with E-state index in [0.717, 1.165) is 0 Å².